The number of sulfonamides is 1. The molecule has 0 saturated carbocycles. The van der Waals surface area contributed by atoms with Gasteiger partial charge in [0, 0.05) is 32.0 Å². The fourth-order valence-electron chi connectivity index (χ4n) is 1.09. The molecule has 0 bridgehead atoms. The van der Waals surface area contributed by atoms with Gasteiger partial charge in [-0.2, -0.15) is 4.31 Å². The second kappa shape index (κ2) is 5.09. The molecule has 1 atom stereocenters. The Hall–Kier alpha value is -0.690. The second-order valence-electron chi connectivity index (χ2n) is 3.44. The van der Waals surface area contributed by atoms with Crippen molar-refractivity contribution in [1.82, 2.24) is 9.29 Å². The number of nitrogens with two attached hydrogens (primary N) is 1. The molecule has 5 nitrogen and oxygen atoms in total. The lowest BCUT2D eigenvalue weighted by Gasteiger charge is -2.22. The van der Waals surface area contributed by atoms with E-state index in [-0.39, 0.29) is 22.5 Å². The van der Waals surface area contributed by atoms with Gasteiger partial charge in [0.15, 0.2) is 0 Å². The molecule has 0 radical (unpaired) electrons. The molecule has 0 amide bonds. The number of halogens is 1. The molecule has 90 valence electrons. The molecule has 1 unspecified atom stereocenters. The Labute approximate surface area is 100 Å². The second-order valence-corrected chi connectivity index (χ2v) is 5.88. The van der Waals surface area contributed by atoms with Crippen LogP contribution in [0.1, 0.15) is 6.92 Å². The van der Waals surface area contributed by atoms with E-state index in [0.29, 0.717) is 0 Å². The van der Waals surface area contributed by atoms with Crippen molar-refractivity contribution in [2.24, 2.45) is 5.73 Å². The molecule has 1 rings (SSSR count). The fourth-order valence-corrected chi connectivity index (χ4v) is 2.69. The van der Waals surface area contributed by atoms with Crippen LogP contribution in [0.15, 0.2) is 23.4 Å². The Bertz CT molecular complexity index is 464. The van der Waals surface area contributed by atoms with Crippen molar-refractivity contribution < 1.29 is 8.42 Å². The van der Waals surface area contributed by atoms with Crippen LogP contribution in [-0.4, -0.2) is 37.3 Å². The summed E-state index contributed by atoms with van der Waals surface area (Å²) < 4.78 is 25.3. The summed E-state index contributed by atoms with van der Waals surface area (Å²) >= 11 is 5.70. The highest BCUT2D eigenvalue weighted by atomic mass is 35.5. The number of aromatic nitrogens is 1. The van der Waals surface area contributed by atoms with E-state index in [2.05, 4.69) is 4.98 Å². The molecule has 2 N–H and O–H groups in total. The number of hydrogen-bond donors (Lipinski definition) is 1. The van der Waals surface area contributed by atoms with Gasteiger partial charge in [-0.15, -0.1) is 0 Å². The monoisotopic (exact) mass is 263 g/mol. The van der Waals surface area contributed by atoms with E-state index in [4.69, 9.17) is 17.3 Å². The predicted molar refractivity (Wildman–Crippen MR) is 62.7 cm³/mol. The SMILES string of the molecule is CC(CN)N(C)S(=O)(=O)c1cncc(Cl)c1. The van der Waals surface area contributed by atoms with Gasteiger partial charge in [-0.05, 0) is 13.0 Å². The summed E-state index contributed by atoms with van der Waals surface area (Å²) in [6.07, 6.45) is 2.65. The Morgan fingerprint density at radius 1 is 1.56 bits per heavy atom. The van der Waals surface area contributed by atoms with Crippen molar-refractivity contribution in [2.45, 2.75) is 17.9 Å². The van der Waals surface area contributed by atoms with Crippen LogP contribution in [0.5, 0.6) is 0 Å². The van der Waals surface area contributed by atoms with Gasteiger partial charge in [0.25, 0.3) is 0 Å². The maximum atomic E-state index is 12.1. The van der Waals surface area contributed by atoms with Crippen LogP contribution in [0.25, 0.3) is 0 Å². The number of nitrogens with zero attached hydrogens (tertiary/aromatic N) is 2. The molecule has 0 fully saturated rings. The van der Waals surface area contributed by atoms with Gasteiger partial charge in [0.2, 0.25) is 10.0 Å². The summed E-state index contributed by atoms with van der Waals surface area (Å²) in [6, 6.07) is 1.09. The normalized spacial score (nSPS) is 14.1. The Kier molecular flexibility index (Phi) is 4.26. The lowest BCUT2D eigenvalue weighted by atomic mass is 10.4. The third kappa shape index (κ3) is 2.70. The average Bonchev–Trinajstić information content (AvgIpc) is 2.27. The zero-order valence-electron chi connectivity index (χ0n) is 9.09. The molecule has 0 saturated heterocycles. The van der Waals surface area contributed by atoms with Gasteiger partial charge in [0.1, 0.15) is 4.90 Å². The first-order chi connectivity index (χ1) is 7.39. The summed E-state index contributed by atoms with van der Waals surface area (Å²) in [5.74, 6) is 0. The van der Waals surface area contributed by atoms with Gasteiger partial charge in [-0.3, -0.25) is 4.98 Å². The molecule has 0 aliphatic rings. The topological polar surface area (TPSA) is 76.3 Å². The molecular formula is C9H14ClN3O2S. The van der Waals surface area contributed by atoms with Gasteiger partial charge < -0.3 is 5.73 Å². The third-order valence-electron chi connectivity index (χ3n) is 2.32. The predicted octanol–water partition coefficient (Wildman–Crippen LogP) is 0.703. The molecule has 0 spiro atoms. The van der Waals surface area contributed by atoms with Gasteiger partial charge >= 0.3 is 0 Å². The van der Waals surface area contributed by atoms with E-state index in [1.165, 1.54) is 29.8 Å². The van der Waals surface area contributed by atoms with Crippen molar-refractivity contribution in [3.63, 3.8) is 0 Å². The van der Waals surface area contributed by atoms with E-state index in [1.807, 2.05) is 0 Å². The largest absolute Gasteiger partial charge is 0.329 e. The van der Waals surface area contributed by atoms with Crippen LogP contribution in [-0.2, 0) is 10.0 Å². The minimum absolute atomic E-state index is 0.0720. The van der Waals surface area contributed by atoms with Crippen LogP contribution in [0.3, 0.4) is 0 Å². The highest BCUT2D eigenvalue weighted by Gasteiger charge is 2.24. The van der Waals surface area contributed by atoms with Crippen LogP contribution in [0.4, 0.5) is 0 Å². The van der Waals surface area contributed by atoms with E-state index >= 15 is 0 Å². The minimum atomic E-state index is -3.57. The zero-order valence-corrected chi connectivity index (χ0v) is 10.7. The lowest BCUT2D eigenvalue weighted by molar-refractivity contribution is 0.394. The van der Waals surface area contributed by atoms with Crippen molar-refractivity contribution in [2.75, 3.05) is 13.6 Å². The summed E-state index contributed by atoms with van der Waals surface area (Å²) in [5.41, 5.74) is 5.43. The Morgan fingerprint density at radius 2 is 2.19 bits per heavy atom. The first-order valence-corrected chi connectivity index (χ1v) is 6.50. The van der Waals surface area contributed by atoms with Crippen LogP contribution in [0, 0.1) is 0 Å². The molecule has 0 aromatic carbocycles. The molecule has 16 heavy (non-hydrogen) atoms. The van der Waals surface area contributed by atoms with Crippen LogP contribution >= 0.6 is 11.6 Å². The molecule has 7 heteroatoms. The highest BCUT2D eigenvalue weighted by Crippen LogP contribution is 2.18. The van der Waals surface area contributed by atoms with Crippen molar-refractivity contribution in [1.29, 1.82) is 0 Å². The number of pyridine rings is 1. The Morgan fingerprint density at radius 3 is 2.69 bits per heavy atom. The quantitative estimate of drug-likeness (QED) is 0.868. The third-order valence-corrected chi connectivity index (χ3v) is 4.46. The molecule has 1 heterocycles. The molecular weight excluding hydrogens is 250 g/mol. The summed E-state index contributed by atoms with van der Waals surface area (Å²) in [6.45, 7) is 1.99. The van der Waals surface area contributed by atoms with Gasteiger partial charge in [0.05, 0.1) is 5.02 Å². The van der Waals surface area contributed by atoms with Gasteiger partial charge in [-0.1, -0.05) is 11.6 Å². The number of rotatable bonds is 4. The van der Waals surface area contributed by atoms with E-state index in [1.54, 1.807) is 6.92 Å². The maximum Gasteiger partial charge on any atom is 0.244 e. The van der Waals surface area contributed by atoms with E-state index in [9.17, 15) is 8.42 Å². The first kappa shape index (κ1) is 13.4. The smallest absolute Gasteiger partial charge is 0.244 e. The standard InChI is InChI=1S/C9H14ClN3O2S/c1-7(4-11)13(2)16(14,15)9-3-8(10)5-12-6-9/h3,5-7H,4,11H2,1-2H3. The highest BCUT2D eigenvalue weighted by molar-refractivity contribution is 7.89. The molecule has 0 aliphatic heterocycles. The molecule has 1 aromatic heterocycles. The van der Waals surface area contributed by atoms with Crippen molar-refractivity contribution in [3.8, 4) is 0 Å². The minimum Gasteiger partial charge on any atom is -0.329 e. The maximum absolute atomic E-state index is 12.1. The van der Waals surface area contributed by atoms with Crippen molar-refractivity contribution in [3.05, 3.63) is 23.5 Å². The summed E-state index contributed by atoms with van der Waals surface area (Å²) in [5, 5.41) is 0.287. The summed E-state index contributed by atoms with van der Waals surface area (Å²) in [4.78, 5) is 3.82. The van der Waals surface area contributed by atoms with E-state index < -0.39 is 10.0 Å². The molecule has 1 aromatic rings. The van der Waals surface area contributed by atoms with E-state index in [0.717, 1.165) is 0 Å². The lowest BCUT2D eigenvalue weighted by Crippen LogP contribution is -2.39. The Balaban J connectivity index is 3.12. The molecule has 0 aliphatic carbocycles. The van der Waals surface area contributed by atoms with Gasteiger partial charge in [-0.25, -0.2) is 8.42 Å². The van der Waals surface area contributed by atoms with Crippen LogP contribution < -0.4 is 5.73 Å². The zero-order chi connectivity index (χ0) is 12.3. The fraction of sp³-hybridized carbons (Fsp3) is 0.444. The van der Waals surface area contributed by atoms with Crippen LogP contribution in [0.2, 0.25) is 5.02 Å². The first-order valence-electron chi connectivity index (χ1n) is 4.68. The number of likely N-dealkylation sites (N-methyl/N-ethyl adjacent to an activating group) is 1. The number of hydrogen-bond acceptors (Lipinski definition) is 4. The average molecular weight is 264 g/mol. The van der Waals surface area contributed by atoms with Crippen molar-refractivity contribution >= 4 is 21.6 Å². The summed E-state index contributed by atoms with van der Waals surface area (Å²) in [7, 11) is -2.09.